The molecule has 3 N–H and O–H groups in total. The minimum Gasteiger partial charge on any atom is -0.503 e. The number of benzene rings is 1. The van der Waals surface area contributed by atoms with E-state index in [9.17, 15) is 28.3 Å². The second-order valence-electron chi connectivity index (χ2n) is 7.41. The van der Waals surface area contributed by atoms with Crippen molar-refractivity contribution in [2.45, 2.75) is 60.7 Å². The first-order valence-electron chi connectivity index (χ1n) is 11.9. The van der Waals surface area contributed by atoms with Crippen LogP contribution in [0.15, 0.2) is 29.2 Å². The maximum absolute atomic E-state index is 12.6. The van der Waals surface area contributed by atoms with Crippen molar-refractivity contribution in [2.24, 2.45) is 0 Å². The molecule has 1 aromatic heterocycles. The van der Waals surface area contributed by atoms with Crippen LogP contribution in [-0.4, -0.2) is 46.8 Å². The average molecular weight is 529 g/mol. The van der Waals surface area contributed by atoms with Gasteiger partial charge in [-0.05, 0) is 32.0 Å². The van der Waals surface area contributed by atoms with E-state index in [0.717, 1.165) is 12.5 Å². The molecule has 0 bridgehead atoms. The molecule has 1 atom stereocenters. The minimum atomic E-state index is -0.971. The standard InChI is InChI=1S/C13H19N4O4P.C7H6F2.C3H8.C2H6/c1-4-5-17-13(21)9-11(19)10(18)8(12(20)14-2)6-16(9)7-22(17)15-3;1-5-2-3-6(8)4-7(5)9;1-3-2;1-2/h6,15,19H,4-5,7H2,1-3H3,(H,14,20);2-4H,1H3;3H2,1-2H3;1-2H3. The number of hydrogen-bond donors (Lipinski definition) is 3. The third-order valence-corrected chi connectivity index (χ3v) is 6.62. The number of nitrogens with zero attached hydrogens (tertiary/aromatic N) is 2. The molecule has 202 valence electrons. The van der Waals surface area contributed by atoms with E-state index < -0.39 is 42.9 Å². The first-order chi connectivity index (χ1) is 17.1. The summed E-state index contributed by atoms with van der Waals surface area (Å²) < 4.78 is 27.6. The highest BCUT2D eigenvalue weighted by atomic mass is 31.1. The van der Waals surface area contributed by atoms with Crippen molar-refractivity contribution >= 4 is 20.0 Å². The van der Waals surface area contributed by atoms with Crippen LogP contribution in [0.1, 0.15) is 73.9 Å². The minimum absolute atomic E-state index is 0.0555. The molecule has 36 heavy (non-hydrogen) atoms. The largest absolute Gasteiger partial charge is 0.503 e. The van der Waals surface area contributed by atoms with Crippen molar-refractivity contribution in [1.29, 1.82) is 0 Å². The predicted octanol–water partition coefficient (Wildman–Crippen LogP) is 4.98. The van der Waals surface area contributed by atoms with E-state index in [-0.39, 0.29) is 11.3 Å². The summed E-state index contributed by atoms with van der Waals surface area (Å²) in [6.45, 7) is 12.3. The fourth-order valence-electron chi connectivity index (χ4n) is 2.93. The third-order valence-electron chi connectivity index (χ3n) is 4.57. The van der Waals surface area contributed by atoms with Gasteiger partial charge in [-0.25, -0.2) is 8.78 Å². The van der Waals surface area contributed by atoms with Gasteiger partial charge < -0.3 is 19.7 Å². The fraction of sp³-hybridized carbons (Fsp3) is 0.480. The molecule has 0 saturated carbocycles. The first kappa shape index (κ1) is 33.2. The van der Waals surface area contributed by atoms with Gasteiger partial charge in [0.25, 0.3) is 11.8 Å². The highest BCUT2D eigenvalue weighted by Crippen LogP contribution is 2.43. The summed E-state index contributed by atoms with van der Waals surface area (Å²) in [5.41, 5.74) is -0.589. The summed E-state index contributed by atoms with van der Waals surface area (Å²) in [7, 11) is 2.19. The van der Waals surface area contributed by atoms with Crippen LogP contribution in [0.2, 0.25) is 0 Å². The fourth-order valence-corrected chi connectivity index (χ4v) is 4.73. The van der Waals surface area contributed by atoms with Crippen molar-refractivity contribution in [2.75, 3.05) is 20.6 Å². The maximum Gasteiger partial charge on any atom is 0.278 e. The number of carbonyl (C=O) groups is 2. The predicted molar refractivity (Wildman–Crippen MR) is 141 cm³/mol. The normalized spacial score (nSPS) is 13.7. The van der Waals surface area contributed by atoms with E-state index in [1.165, 1.54) is 36.4 Å². The number of pyridine rings is 1. The Kier molecular flexibility index (Phi) is 15.4. The Hall–Kier alpha value is -2.84. The van der Waals surface area contributed by atoms with Gasteiger partial charge in [-0.15, -0.1) is 0 Å². The smallest absolute Gasteiger partial charge is 0.278 e. The molecule has 1 unspecified atom stereocenters. The zero-order chi connectivity index (χ0) is 28.0. The van der Waals surface area contributed by atoms with Crippen LogP contribution in [0.25, 0.3) is 0 Å². The summed E-state index contributed by atoms with van der Waals surface area (Å²) in [5, 5.41) is 15.6. The Morgan fingerprint density at radius 1 is 1.14 bits per heavy atom. The van der Waals surface area contributed by atoms with E-state index >= 15 is 0 Å². The van der Waals surface area contributed by atoms with Gasteiger partial charge in [0.2, 0.25) is 5.43 Å². The first-order valence-corrected chi connectivity index (χ1v) is 13.4. The molecule has 0 saturated heterocycles. The van der Waals surface area contributed by atoms with Crippen molar-refractivity contribution in [3.8, 4) is 5.75 Å². The number of halogens is 2. The van der Waals surface area contributed by atoms with Gasteiger partial charge >= 0.3 is 0 Å². The molecule has 0 aliphatic carbocycles. The van der Waals surface area contributed by atoms with E-state index in [0.29, 0.717) is 18.4 Å². The Morgan fingerprint density at radius 3 is 2.17 bits per heavy atom. The van der Waals surface area contributed by atoms with Crippen LogP contribution in [0.5, 0.6) is 5.75 Å². The van der Waals surface area contributed by atoms with Gasteiger partial charge in [-0.1, -0.05) is 47.1 Å². The van der Waals surface area contributed by atoms with Crippen LogP contribution in [0.3, 0.4) is 0 Å². The number of aryl methyl sites for hydroxylation is 1. The average Bonchev–Trinajstić information content (AvgIpc) is 2.86. The highest BCUT2D eigenvalue weighted by Gasteiger charge is 2.35. The van der Waals surface area contributed by atoms with Crippen LogP contribution >= 0.6 is 8.22 Å². The van der Waals surface area contributed by atoms with Gasteiger partial charge in [0.1, 0.15) is 17.2 Å². The molecule has 2 aromatic rings. The second kappa shape index (κ2) is 16.8. The SMILES string of the molecule is CC.CCC.CCCN1C(=O)c2c(O)c(=O)c(C(=O)NC)cn2CP1NC.Cc1ccc(F)cc1F. The highest BCUT2D eigenvalue weighted by molar-refractivity contribution is 7.52. The van der Waals surface area contributed by atoms with E-state index in [2.05, 4.69) is 24.3 Å². The zero-order valence-corrected chi connectivity index (χ0v) is 23.3. The van der Waals surface area contributed by atoms with Crippen LogP contribution < -0.4 is 15.8 Å². The van der Waals surface area contributed by atoms with Crippen LogP contribution in [0.4, 0.5) is 8.78 Å². The Labute approximate surface area is 213 Å². The van der Waals surface area contributed by atoms with Crippen LogP contribution in [0, 0.1) is 18.6 Å². The molecule has 2 amide bonds. The molecule has 11 heteroatoms. The molecule has 2 heterocycles. The molecule has 3 rings (SSSR count). The van der Waals surface area contributed by atoms with E-state index in [4.69, 9.17) is 0 Å². The summed E-state index contributed by atoms with van der Waals surface area (Å²) in [6.07, 6.45) is 3.77. The summed E-state index contributed by atoms with van der Waals surface area (Å²) >= 11 is 0. The maximum atomic E-state index is 12.6. The van der Waals surface area contributed by atoms with Gasteiger partial charge in [0.05, 0.1) is 14.5 Å². The number of carbonyl (C=O) groups excluding carboxylic acids is 2. The molecule has 8 nitrogen and oxygen atoms in total. The van der Waals surface area contributed by atoms with Gasteiger partial charge in [0.15, 0.2) is 11.4 Å². The van der Waals surface area contributed by atoms with Crippen LogP contribution in [-0.2, 0) is 6.29 Å². The third kappa shape index (κ3) is 8.68. The summed E-state index contributed by atoms with van der Waals surface area (Å²) in [5.74, 6) is -2.68. The lowest BCUT2D eigenvalue weighted by Crippen LogP contribution is -2.40. The number of hydrogen-bond acceptors (Lipinski definition) is 5. The van der Waals surface area contributed by atoms with Gasteiger partial charge in [-0.2, -0.15) is 0 Å². The molecule has 0 spiro atoms. The molecular weight excluding hydrogens is 489 g/mol. The zero-order valence-electron chi connectivity index (χ0n) is 22.4. The molecule has 1 aliphatic heterocycles. The Balaban J connectivity index is 0.000000723. The second-order valence-corrected chi connectivity index (χ2v) is 9.42. The number of rotatable bonds is 4. The van der Waals surface area contributed by atoms with Crippen molar-refractivity contribution in [3.63, 3.8) is 0 Å². The number of nitrogens with one attached hydrogen (secondary N) is 2. The van der Waals surface area contributed by atoms with E-state index in [1.54, 1.807) is 18.6 Å². The molecule has 0 radical (unpaired) electrons. The monoisotopic (exact) mass is 528 g/mol. The van der Waals surface area contributed by atoms with Gasteiger partial charge in [0, 0.05) is 25.9 Å². The van der Waals surface area contributed by atoms with Crippen molar-refractivity contribution < 1.29 is 23.5 Å². The number of aromatic nitrogens is 1. The quantitative estimate of drug-likeness (QED) is 0.486. The molecule has 1 aromatic carbocycles. The number of fused-ring (bicyclic) bond motifs is 1. The lowest BCUT2D eigenvalue weighted by atomic mass is 10.2. The Morgan fingerprint density at radius 2 is 1.72 bits per heavy atom. The number of amides is 2. The number of aromatic hydroxyl groups is 1. The molecular formula is C25H39F2N4O4P. The van der Waals surface area contributed by atoms with E-state index in [1.807, 2.05) is 20.8 Å². The topological polar surface area (TPSA) is 104 Å². The lowest BCUT2D eigenvalue weighted by molar-refractivity contribution is 0.0837. The molecule has 1 aliphatic rings. The summed E-state index contributed by atoms with van der Waals surface area (Å²) in [6, 6.07) is 3.51. The Bertz CT molecular complexity index is 1060. The van der Waals surface area contributed by atoms with Gasteiger partial charge in [-0.3, -0.25) is 19.5 Å². The lowest BCUT2D eigenvalue weighted by Gasteiger charge is -2.37. The van der Waals surface area contributed by atoms with Crippen molar-refractivity contribution in [1.82, 2.24) is 19.6 Å². The summed E-state index contributed by atoms with van der Waals surface area (Å²) in [4.78, 5) is 36.4. The van der Waals surface area contributed by atoms with Crippen molar-refractivity contribution in [3.05, 3.63) is 63.1 Å². The molecule has 0 fully saturated rings.